The lowest BCUT2D eigenvalue weighted by Gasteiger charge is -2.01. The van der Waals surface area contributed by atoms with Gasteiger partial charge in [-0.15, -0.1) is 0 Å². The van der Waals surface area contributed by atoms with E-state index in [0.29, 0.717) is 0 Å². The molecule has 4 heteroatoms. The van der Waals surface area contributed by atoms with Crippen molar-refractivity contribution < 1.29 is 3.63 Å². The molecule has 0 atom stereocenters. The van der Waals surface area contributed by atoms with Crippen molar-refractivity contribution in [2.24, 2.45) is 0 Å². The van der Waals surface area contributed by atoms with Crippen molar-refractivity contribution in [2.45, 2.75) is 0 Å². The first-order valence-electron chi connectivity index (χ1n) is 0.667. The molecule has 0 unspecified atom stereocenters. The minimum atomic E-state index is 1.42. The minimum Gasteiger partial charge on any atom is -0.222 e. The average Bonchev–Trinajstić information content (AvgIpc) is 0.722. The Morgan fingerprint density at radius 3 is 1.50 bits per heavy atom. The lowest BCUT2D eigenvalue weighted by atomic mass is 15.9. The van der Waals surface area contributed by atoms with E-state index in [1.165, 1.54) is 22.1 Å². The van der Waals surface area contributed by atoms with Gasteiger partial charge in [0.15, 0.2) is 0 Å². The fourth-order valence-electron chi connectivity index (χ4n) is 0.0278. The molecular formula is OS3. The van der Waals surface area contributed by atoms with E-state index >= 15 is 0 Å². The molecule has 1 aliphatic rings. The monoisotopic (exact) mass is 112 g/mol. The number of rotatable bonds is 0. The van der Waals surface area contributed by atoms with Gasteiger partial charge in [0.25, 0.3) is 0 Å². The van der Waals surface area contributed by atoms with E-state index in [0.717, 1.165) is 0 Å². The maximum Gasteiger partial charge on any atom is 0.0928 e. The number of hydrogen-bond donors (Lipinski definition) is 0. The van der Waals surface area contributed by atoms with Gasteiger partial charge in [-0.25, -0.2) is 3.63 Å². The van der Waals surface area contributed by atoms with Crippen molar-refractivity contribution in [1.29, 1.82) is 0 Å². The summed E-state index contributed by atoms with van der Waals surface area (Å²) in [5, 5.41) is 0. The minimum absolute atomic E-state index is 1.42. The van der Waals surface area contributed by atoms with Crippen molar-refractivity contribution in [1.82, 2.24) is 0 Å². The van der Waals surface area contributed by atoms with Gasteiger partial charge in [0.1, 0.15) is 0 Å². The summed E-state index contributed by atoms with van der Waals surface area (Å²) in [6, 6.07) is 0. The molecule has 1 fully saturated rings. The maximum absolute atomic E-state index is 4.52. The molecule has 0 amide bonds. The first-order valence-corrected chi connectivity index (χ1v) is 4.00. The van der Waals surface area contributed by atoms with E-state index < -0.39 is 0 Å². The third-order valence-corrected chi connectivity index (χ3v) is 3.00. The van der Waals surface area contributed by atoms with Gasteiger partial charge in [0.05, 0.1) is 22.1 Å². The molecule has 24 valence electrons. The Morgan fingerprint density at radius 2 is 1.50 bits per heavy atom. The van der Waals surface area contributed by atoms with Crippen molar-refractivity contribution in [2.75, 3.05) is 0 Å². The summed E-state index contributed by atoms with van der Waals surface area (Å²) in [4.78, 5) is 0. The summed E-state index contributed by atoms with van der Waals surface area (Å²) < 4.78 is 4.52. The summed E-state index contributed by atoms with van der Waals surface area (Å²) in [5.41, 5.74) is 0. The van der Waals surface area contributed by atoms with Crippen molar-refractivity contribution >= 4 is 32.0 Å². The van der Waals surface area contributed by atoms with Crippen LogP contribution in [-0.2, 0) is 3.63 Å². The molecule has 1 aliphatic heterocycles. The van der Waals surface area contributed by atoms with Crippen molar-refractivity contribution in [3.05, 3.63) is 0 Å². The third kappa shape index (κ3) is 0.484. The van der Waals surface area contributed by atoms with E-state index in [1.54, 1.807) is 9.83 Å². The van der Waals surface area contributed by atoms with E-state index in [4.69, 9.17) is 0 Å². The Labute approximate surface area is 36.1 Å². The standard InChI is InChI=1S/OS3/c1-2-4-3-1. The second-order valence-electron chi connectivity index (χ2n) is 0.272. The van der Waals surface area contributed by atoms with Gasteiger partial charge in [0, 0.05) is 9.83 Å². The van der Waals surface area contributed by atoms with Crippen LogP contribution >= 0.6 is 32.0 Å². The van der Waals surface area contributed by atoms with Crippen LogP contribution in [0.15, 0.2) is 0 Å². The summed E-state index contributed by atoms with van der Waals surface area (Å²) in [6.07, 6.45) is 0. The van der Waals surface area contributed by atoms with E-state index in [2.05, 4.69) is 3.63 Å². The average molecular weight is 112 g/mol. The van der Waals surface area contributed by atoms with Crippen LogP contribution in [0.2, 0.25) is 0 Å². The highest BCUT2D eigenvalue weighted by molar-refractivity contribution is 9.14. The Kier molecular flexibility index (Phi) is 1.16. The lowest BCUT2D eigenvalue weighted by molar-refractivity contribution is 0.778. The molecule has 1 saturated heterocycles. The Morgan fingerprint density at radius 1 is 1.25 bits per heavy atom. The second kappa shape index (κ2) is 1.45. The van der Waals surface area contributed by atoms with E-state index in [1.807, 2.05) is 0 Å². The maximum atomic E-state index is 4.52. The molecule has 0 bridgehead atoms. The Hall–Kier alpha value is 1.01. The highest BCUT2D eigenvalue weighted by atomic mass is 33.5. The summed E-state index contributed by atoms with van der Waals surface area (Å²) in [6.45, 7) is 0. The van der Waals surface area contributed by atoms with Gasteiger partial charge >= 0.3 is 0 Å². The van der Waals surface area contributed by atoms with Crippen LogP contribution in [0.25, 0.3) is 0 Å². The highest BCUT2D eigenvalue weighted by Gasteiger charge is 2.01. The first-order chi connectivity index (χ1) is 2.00. The Balaban J connectivity index is 2.00. The Bertz CT molecular complexity index is 11.2. The number of hydrogen-bond acceptors (Lipinski definition) is 4. The molecule has 0 spiro atoms. The zero-order chi connectivity index (χ0) is 2.83. The van der Waals surface area contributed by atoms with Crippen molar-refractivity contribution in [3.63, 3.8) is 0 Å². The predicted octanol–water partition coefficient (Wildman–Crippen LogP) is 1.88. The molecule has 0 saturated carbocycles. The van der Waals surface area contributed by atoms with Crippen LogP contribution in [0.1, 0.15) is 0 Å². The quantitative estimate of drug-likeness (QED) is 0.349. The molecule has 0 N–H and O–H groups in total. The normalized spacial score (nSPS) is 24.0. The van der Waals surface area contributed by atoms with Crippen LogP contribution in [0.3, 0.4) is 0 Å². The smallest absolute Gasteiger partial charge is 0.0928 e. The molecule has 0 radical (unpaired) electrons. The van der Waals surface area contributed by atoms with Gasteiger partial charge < -0.3 is 0 Å². The highest BCUT2D eigenvalue weighted by Crippen LogP contribution is 2.50. The molecule has 0 aromatic heterocycles. The van der Waals surface area contributed by atoms with Gasteiger partial charge in [-0.3, -0.25) is 0 Å². The van der Waals surface area contributed by atoms with Gasteiger partial charge in [-0.1, -0.05) is 0 Å². The zero-order valence-electron chi connectivity index (χ0n) is 1.63. The zero-order valence-corrected chi connectivity index (χ0v) is 4.08. The molecule has 4 heavy (non-hydrogen) atoms. The summed E-state index contributed by atoms with van der Waals surface area (Å²) >= 11 is 2.83. The van der Waals surface area contributed by atoms with Gasteiger partial charge in [-0.2, -0.15) is 0 Å². The van der Waals surface area contributed by atoms with Crippen molar-refractivity contribution in [3.8, 4) is 0 Å². The lowest BCUT2D eigenvalue weighted by Crippen LogP contribution is -1.58. The van der Waals surface area contributed by atoms with Gasteiger partial charge in [0.2, 0.25) is 0 Å². The first kappa shape index (κ1) is 3.21. The molecule has 1 nitrogen and oxygen atoms in total. The van der Waals surface area contributed by atoms with Crippen LogP contribution in [0.4, 0.5) is 0 Å². The van der Waals surface area contributed by atoms with Gasteiger partial charge in [-0.05, 0) is 0 Å². The molecule has 0 aliphatic carbocycles. The molecular weight excluding hydrogens is 112 g/mol. The summed E-state index contributed by atoms with van der Waals surface area (Å²) in [7, 11) is 1.65. The molecule has 1 rings (SSSR count). The third-order valence-electron chi connectivity index (χ3n) is 0.111. The van der Waals surface area contributed by atoms with E-state index in [9.17, 15) is 0 Å². The topological polar surface area (TPSA) is 9.23 Å². The van der Waals surface area contributed by atoms with Crippen LogP contribution in [0.5, 0.6) is 0 Å². The summed E-state index contributed by atoms with van der Waals surface area (Å²) in [5.74, 6) is 0. The fourth-order valence-corrected chi connectivity index (χ4v) is 0.750. The SMILES string of the molecule is O1SSS1. The van der Waals surface area contributed by atoms with Crippen LogP contribution in [0, 0.1) is 0 Å². The molecule has 0 aromatic carbocycles. The molecule has 0 aromatic rings. The largest absolute Gasteiger partial charge is 0.222 e. The second-order valence-corrected chi connectivity index (χ2v) is 3.67. The van der Waals surface area contributed by atoms with Crippen LogP contribution in [-0.4, -0.2) is 0 Å². The molecule has 1 heterocycles. The van der Waals surface area contributed by atoms with E-state index in [-0.39, 0.29) is 0 Å². The van der Waals surface area contributed by atoms with Crippen LogP contribution < -0.4 is 0 Å². The fraction of sp³-hybridized carbons (Fsp3) is 0. The predicted molar refractivity (Wildman–Crippen MR) is 23.9 cm³/mol.